The molecule has 0 bridgehead atoms. The number of carbonyl (C=O) groups excluding carboxylic acids is 1. The molecule has 5 nitrogen and oxygen atoms in total. The Morgan fingerprint density at radius 1 is 1.56 bits per heavy atom. The van der Waals surface area contributed by atoms with E-state index in [0.29, 0.717) is 12.2 Å². The van der Waals surface area contributed by atoms with E-state index in [4.69, 9.17) is 4.74 Å². The largest absolute Gasteiger partial charge is 0.379 e. The van der Waals surface area contributed by atoms with E-state index >= 15 is 0 Å². The van der Waals surface area contributed by atoms with Crippen LogP contribution in [-0.4, -0.2) is 35.4 Å². The molecule has 88 valence electrons. The molecule has 0 aromatic carbocycles. The van der Waals surface area contributed by atoms with E-state index < -0.39 is 0 Å². The highest BCUT2D eigenvalue weighted by atomic mass is 16.5. The smallest absolute Gasteiger partial charge is 0.255 e. The van der Waals surface area contributed by atoms with Crippen LogP contribution >= 0.6 is 0 Å². The summed E-state index contributed by atoms with van der Waals surface area (Å²) in [4.78, 5) is 12.0. The molecule has 0 radical (unpaired) electrons. The molecule has 0 spiro atoms. The molecule has 1 fully saturated rings. The molecule has 2 rings (SSSR count). The van der Waals surface area contributed by atoms with E-state index in [1.807, 2.05) is 13.8 Å². The quantitative estimate of drug-likeness (QED) is 0.784. The van der Waals surface area contributed by atoms with Gasteiger partial charge in [-0.1, -0.05) is 0 Å². The van der Waals surface area contributed by atoms with Gasteiger partial charge >= 0.3 is 0 Å². The van der Waals surface area contributed by atoms with Crippen molar-refractivity contribution in [2.24, 2.45) is 0 Å². The van der Waals surface area contributed by atoms with E-state index in [1.54, 1.807) is 0 Å². The van der Waals surface area contributed by atoms with Gasteiger partial charge in [-0.05, 0) is 26.7 Å². The minimum absolute atomic E-state index is 0.0562. The topological polar surface area (TPSA) is 67.0 Å². The Balaban J connectivity index is 2.02. The zero-order valence-corrected chi connectivity index (χ0v) is 9.67. The summed E-state index contributed by atoms with van der Waals surface area (Å²) in [5.41, 5.74) is 2.21. The summed E-state index contributed by atoms with van der Waals surface area (Å²) < 4.78 is 5.32. The Labute approximate surface area is 94.6 Å². The van der Waals surface area contributed by atoms with Gasteiger partial charge in [0, 0.05) is 12.3 Å². The monoisotopic (exact) mass is 223 g/mol. The SMILES string of the molecule is Cc1n[nH]c(C)c1C(=O)NC1CCCOC1. The van der Waals surface area contributed by atoms with Gasteiger partial charge in [-0.2, -0.15) is 5.10 Å². The minimum Gasteiger partial charge on any atom is -0.379 e. The van der Waals surface area contributed by atoms with Crippen LogP contribution in [0, 0.1) is 13.8 Å². The van der Waals surface area contributed by atoms with Gasteiger partial charge in [0.25, 0.3) is 5.91 Å². The van der Waals surface area contributed by atoms with Gasteiger partial charge in [-0.25, -0.2) is 0 Å². The highest BCUT2D eigenvalue weighted by Gasteiger charge is 2.20. The Morgan fingerprint density at radius 2 is 2.38 bits per heavy atom. The third-order valence-electron chi connectivity index (χ3n) is 2.85. The first-order valence-corrected chi connectivity index (χ1v) is 5.58. The van der Waals surface area contributed by atoms with Crippen molar-refractivity contribution in [3.63, 3.8) is 0 Å². The van der Waals surface area contributed by atoms with Gasteiger partial charge in [0.15, 0.2) is 0 Å². The number of ether oxygens (including phenoxy) is 1. The van der Waals surface area contributed by atoms with Gasteiger partial charge < -0.3 is 10.1 Å². The van der Waals surface area contributed by atoms with Crippen molar-refractivity contribution >= 4 is 5.91 Å². The number of carbonyl (C=O) groups is 1. The Kier molecular flexibility index (Phi) is 3.24. The minimum atomic E-state index is -0.0562. The fraction of sp³-hybridized carbons (Fsp3) is 0.636. The molecule has 5 heteroatoms. The van der Waals surface area contributed by atoms with Crippen LogP contribution in [0.25, 0.3) is 0 Å². The van der Waals surface area contributed by atoms with E-state index in [9.17, 15) is 4.79 Å². The molecule has 1 aromatic rings. The number of H-pyrrole nitrogens is 1. The second-order valence-electron chi connectivity index (χ2n) is 4.20. The summed E-state index contributed by atoms with van der Waals surface area (Å²) in [6.45, 7) is 5.10. The van der Waals surface area contributed by atoms with Crippen molar-refractivity contribution in [2.45, 2.75) is 32.7 Å². The summed E-state index contributed by atoms with van der Waals surface area (Å²) in [5.74, 6) is -0.0562. The average Bonchev–Trinajstić information content (AvgIpc) is 2.60. The molecule has 1 saturated heterocycles. The van der Waals surface area contributed by atoms with Crippen molar-refractivity contribution in [3.8, 4) is 0 Å². The second-order valence-corrected chi connectivity index (χ2v) is 4.20. The molecule has 16 heavy (non-hydrogen) atoms. The van der Waals surface area contributed by atoms with Crippen LogP contribution in [0.1, 0.15) is 34.6 Å². The van der Waals surface area contributed by atoms with Crippen LogP contribution in [0.2, 0.25) is 0 Å². The third kappa shape index (κ3) is 2.24. The van der Waals surface area contributed by atoms with E-state index in [1.165, 1.54) is 0 Å². The summed E-state index contributed by atoms with van der Waals surface area (Å²) in [6, 6.07) is 0.134. The average molecular weight is 223 g/mol. The fourth-order valence-corrected chi connectivity index (χ4v) is 2.00. The predicted molar refractivity (Wildman–Crippen MR) is 59.4 cm³/mol. The summed E-state index contributed by atoms with van der Waals surface area (Å²) >= 11 is 0. The van der Waals surface area contributed by atoms with Crippen molar-refractivity contribution in [1.29, 1.82) is 0 Å². The number of hydrogen-bond acceptors (Lipinski definition) is 3. The summed E-state index contributed by atoms with van der Waals surface area (Å²) in [7, 11) is 0. The molecular formula is C11H17N3O2. The number of hydrogen-bond donors (Lipinski definition) is 2. The van der Waals surface area contributed by atoms with Crippen molar-refractivity contribution in [2.75, 3.05) is 13.2 Å². The Morgan fingerprint density at radius 3 is 2.94 bits per heavy atom. The van der Waals surface area contributed by atoms with Gasteiger partial charge in [-0.3, -0.25) is 9.89 Å². The molecule has 1 amide bonds. The lowest BCUT2D eigenvalue weighted by molar-refractivity contribution is 0.0623. The maximum absolute atomic E-state index is 12.0. The maximum Gasteiger partial charge on any atom is 0.255 e. The Hall–Kier alpha value is -1.36. The predicted octanol–water partition coefficient (Wildman–Crippen LogP) is 0.935. The van der Waals surface area contributed by atoms with E-state index in [-0.39, 0.29) is 11.9 Å². The van der Waals surface area contributed by atoms with E-state index in [0.717, 1.165) is 30.8 Å². The normalized spacial score (nSPS) is 20.8. The number of aromatic nitrogens is 2. The van der Waals surface area contributed by atoms with Crippen LogP contribution in [0.3, 0.4) is 0 Å². The fourth-order valence-electron chi connectivity index (χ4n) is 2.00. The molecule has 2 heterocycles. The van der Waals surface area contributed by atoms with Gasteiger partial charge in [-0.15, -0.1) is 0 Å². The molecule has 1 aromatic heterocycles. The lowest BCUT2D eigenvalue weighted by Crippen LogP contribution is -2.40. The molecular weight excluding hydrogens is 206 g/mol. The zero-order valence-electron chi connectivity index (χ0n) is 9.67. The van der Waals surface area contributed by atoms with Crippen LogP contribution in [0.5, 0.6) is 0 Å². The van der Waals surface area contributed by atoms with Crippen LogP contribution in [0.4, 0.5) is 0 Å². The first-order chi connectivity index (χ1) is 7.68. The standard InChI is InChI=1S/C11H17N3O2/c1-7-10(8(2)14-13-7)11(15)12-9-4-3-5-16-6-9/h9H,3-6H2,1-2H3,(H,12,15)(H,13,14). The number of rotatable bonds is 2. The summed E-state index contributed by atoms with van der Waals surface area (Å²) in [6.07, 6.45) is 2.00. The molecule has 0 saturated carbocycles. The highest BCUT2D eigenvalue weighted by Crippen LogP contribution is 2.11. The second kappa shape index (κ2) is 4.65. The van der Waals surface area contributed by atoms with Gasteiger partial charge in [0.1, 0.15) is 0 Å². The number of aryl methyl sites for hydroxylation is 2. The van der Waals surface area contributed by atoms with Gasteiger partial charge in [0.2, 0.25) is 0 Å². The highest BCUT2D eigenvalue weighted by molar-refractivity contribution is 5.96. The lowest BCUT2D eigenvalue weighted by atomic mass is 10.1. The van der Waals surface area contributed by atoms with E-state index in [2.05, 4.69) is 15.5 Å². The van der Waals surface area contributed by atoms with Crippen molar-refractivity contribution in [3.05, 3.63) is 17.0 Å². The summed E-state index contributed by atoms with van der Waals surface area (Å²) in [5, 5.41) is 9.81. The number of nitrogens with zero attached hydrogens (tertiary/aromatic N) is 1. The number of aromatic amines is 1. The molecule has 2 N–H and O–H groups in total. The first kappa shape index (κ1) is 11.1. The molecule has 0 aliphatic carbocycles. The molecule has 1 unspecified atom stereocenters. The zero-order chi connectivity index (χ0) is 11.5. The molecule has 1 aliphatic heterocycles. The van der Waals surface area contributed by atoms with Crippen LogP contribution < -0.4 is 5.32 Å². The molecule has 1 aliphatic rings. The van der Waals surface area contributed by atoms with Crippen molar-refractivity contribution < 1.29 is 9.53 Å². The van der Waals surface area contributed by atoms with Crippen LogP contribution in [-0.2, 0) is 4.74 Å². The lowest BCUT2D eigenvalue weighted by Gasteiger charge is -2.23. The first-order valence-electron chi connectivity index (χ1n) is 5.58. The number of amides is 1. The van der Waals surface area contributed by atoms with Crippen molar-refractivity contribution in [1.82, 2.24) is 15.5 Å². The van der Waals surface area contributed by atoms with Gasteiger partial charge in [0.05, 0.1) is 23.9 Å². The number of nitrogens with one attached hydrogen (secondary N) is 2. The molecule has 1 atom stereocenters. The Bertz CT molecular complexity index is 361. The maximum atomic E-state index is 12.0. The third-order valence-corrected chi connectivity index (χ3v) is 2.85. The van der Waals surface area contributed by atoms with Crippen LogP contribution in [0.15, 0.2) is 0 Å².